The van der Waals surface area contributed by atoms with E-state index in [1.54, 1.807) is 0 Å². The maximum Gasteiger partial charge on any atom is 0.410 e. The SMILES string of the molecule is Cc1nc2cc([C@@H]3CCCCN3)nn2c(NC2CC2)c1C.Cc1nc2cc([C@@H]3CCCCN3C(=O)OC(C)(C)C)nn2c(NC2CC2)c1C. The molecule has 2 atom stereocenters. The van der Waals surface area contributed by atoms with Crippen LogP contribution >= 0.6 is 0 Å². The number of aromatic nitrogens is 6. The Balaban J connectivity index is 0.000000160. The Morgan fingerprint density at radius 2 is 1.33 bits per heavy atom. The topological polar surface area (TPSA) is 126 Å². The first kappa shape index (κ1) is 33.6. The molecular formula is C37H54N10O2. The number of hydrogen-bond acceptors (Lipinski definition) is 9. The van der Waals surface area contributed by atoms with Crippen molar-refractivity contribution in [2.45, 2.75) is 142 Å². The zero-order chi connectivity index (χ0) is 34.4. The fraction of sp³-hybridized carbons (Fsp3) is 0.649. The Labute approximate surface area is 289 Å². The van der Waals surface area contributed by atoms with Crippen LogP contribution in [0.5, 0.6) is 0 Å². The maximum atomic E-state index is 12.8. The van der Waals surface area contributed by atoms with Crippen molar-refractivity contribution in [3.05, 3.63) is 46.0 Å². The first-order valence-electron chi connectivity index (χ1n) is 18.4. The molecule has 49 heavy (non-hydrogen) atoms. The van der Waals surface area contributed by atoms with Gasteiger partial charge in [0.2, 0.25) is 0 Å². The Morgan fingerprint density at radius 3 is 1.86 bits per heavy atom. The van der Waals surface area contributed by atoms with Crippen molar-refractivity contribution >= 4 is 29.0 Å². The smallest absolute Gasteiger partial charge is 0.410 e. The number of piperidine rings is 2. The van der Waals surface area contributed by atoms with Gasteiger partial charge in [-0.25, -0.2) is 14.8 Å². The number of rotatable bonds is 6. The quantitative estimate of drug-likeness (QED) is 0.197. The van der Waals surface area contributed by atoms with Crippen LogP contribution in [0.3, 0.4) is 0 Å². The lowest BCUT2D eigenvalue weighted by molar-refractivity contribution is 0.00897. The summed E-state index contributed by atoms with van der Waals surface area (Å²) >= 11 is 0. The van der Waals surface area contributed by atoms with Crippen molar-refractivity contribution in [1.82, 2.24) is 39.4 Å². The number of carbonyl (C=O) groups is 1. The number of anilines is 2. The summed E-state index contributed by atoms with van der Waals surface area (Å²) in [4.78, 5) is 24.1. The minimum absolute atomic E-state index is 0.0697. The Bertz CT molecular complexity index is 1820. The van der Waals surface area contributed by atoms with E-state index < -0.39 is 5.60 Å². The average Bonchev–Trinajstić information content (AvgIpc) is 4.00. The first-order chi connectivity index (χ1) is 23.4. The lowest BCUT2D eigenvalue weighted by atomic mass is 10.00. The summed E-state index contributed by atoms with van der Waals surface area (Å²) in [6.07, 6.45) is 11.4. The van der Waals surface area contributed by atoms with Gasteiger partial charge in [0, 0.05) is 53.3 Å². The van der Waals surface area contributed by atoms with Crippen LogP contribution in [0.2, 0.25) is 0 Å². The maximum absolute atomic E-state index is 12.8. The Kier molecular flexibility index (Phi) is 9.19. The standard InChI is InChI=1S/C21H31N5O2.C16H23N5/c1-13-14(2)22-18-12-16(24-26(18)19(13)23-15-9-10-15)17-8-6-7-11-25(17)20(27)28-21(3,4)5;1-10-11(2)18-15-9-14(13-5-3-4-8-17-13)20-21(15)16(10)19-12-6-7-12/h12,15,17,23H,6-11H2,1-5H3;9,12-13,17,19H,3-8H2,1-2H3/t17-;13-/m00/s1. The van der Waals surface area contributed by atoms with Gasteiger partial charge in [0.15, 0.2) is 11.3 Å². The zero-order valence-electron chi connectivity index (χ0n) is 30.4. The van der Waals surface area contributed by atoms with E-state index in [1.165, 1.54) is 50.5 Å². The second-order valence-electron chi connectivity index (χ2n) is 15.5. The molecule has 12 nitrogen and oxygen atoms in total. The van der Waals surface area contributed by atoms with Crippen molar-refractivity contribution in [2.75, 3.05) is 23.7 Å². The van der Waals surface area contributed by atoms with Gasteiger partial charge in [-0.2, -0.15) is 19.2 Å². The predicted octanol–water partition coefficient (Wildman–Crippen LogP) is 7.12. The van der Waals surface area contributed by atoms with Crippen LogP contribution < -0.4 is 16.0 Å². The molecule has 4 aromatic heterocycles. The number of amides is 1. The fourth-order valence-corrected chi connectivity index (χ4v) is 6.83. The molecule has 0 radical (unpaired) electrons. The summed E-state index contributed by atoms with van der Waals surface area (Å²) in [5.41, 5.74) is 7.74. The van der Waals surface area contributed by atoms with Crippen molar-refractivity contribution in [3.8, 4) is 0 Å². The predicted molar refractivity (Wildman–Crippen MR) is 192 cm³/mol. The minimum atomic E-state index is -0.505. The highest BCUT2D eigenvalue weighted by atomic mass is 16.6. The lowest BCUT2D eigenvalue weighted by Crippen LogP contribution is -2.42. The van der Waals surface area contributed by atoms with Gasteiger partial charge in [0.25, 0.3) is 0 Å². The summed E-state index contributed by atoms with van der Waals surface area (Å²) in [5, 5.41) is 20.5. The first-order valence-corrected chi connectivity index (χ1v) is 18.4. The minimum Gasteiger partial charge on any atom is -0.444 e. The Morgan fingerprint density at radius 1 is 0.776 bits per heavy atom. The second kappa shape index (κ2) is 13.4. The molecule has 6 heterocycles. The van der Waals surface area contributed by atoms with Gasteiger partial charge < -0.3 is 20.7 Å². The molecule has 2 saturated heterocycles. The third-order valence-electron chi connectivity index (χ3n) is 10.2. The van der Waals surface area contributed by atoms with E-state index in [9.17, 15) is 4.79 Å². The molecule has 0 aromatic carbocycles. The number of likely N-dealkylation sites (tertiary alicyclic amines) is 1. The third kappa shape index (κ3) is 7.49. The third-order valence-corrected chi connectivity index (χ3v) is 10.2. The summed E-state index contributed by atoms with van der Waals surface area (Å²) < 4.78 is 9.57. The normalized spacial score (nSPS) is 21.4. The molecule has 0 bridgehead atoms. The van der Waals surface area contributed by atoms with E-state index >= 15 is 0 Å². The summed E-state index contributed by atoms with van der Waals surface area (Å²) in [7, 11) is 0. The van der Waals surface area contributed by atoms with E-state index in [-0.39, 0.29) is 12.1 Å². The summed E-state index contributed by atoms with van der Waals surface area (Å²) in [5.74, 6) is 2.15. The van der Waals surface area contributed by atoms with Crippen LogP contribution in [0, 0.1) is 27.7 Å². The second-order valence-corrected chi connectivity index (χ2v) is 15.5. The van der Waals surface area contributed by atoms with E-state index in [0.29, 0.717) is 24.7 Å². The molecule has 2 aliphatic carbocycles. The van der Waals surface area contributed by atoms with Gasteiger partial charge in [-0.05, 0) is 113 Å². The van der Waals surface area contributed by atoms with Crippen molar-refractivity contribution in [3.63, 3.8) is 0 Å². The molecule has 2 aliphatic heterocycles. The largest absolute Gasteiger partial charge is 0.444 e. The molecule has 3 N–H and O–H groups in total. The van der Waals surface area contributed by atoms with Crippen LogP contribution in [0.15, 0.2) is 12.1 Å². The van der Waals surface area contributed by atoms with Crippen LogP contribution in [0.1, 0.15) is 131 Å². The molecule has 12 heteroatoms. The summed E-state index contributed by atoms with van der Waals surface area (Å²) in [6.45, 7) is 15.8. The van der Waals surface area contributed by atoms with E-state index in [4.69, 9.17) is 24.9 Å². The highest BCUT2D eigenvalue weighted by molar-refractivity contribution is 5.69. The molecule has 4 aliphatic rings. The molecule has 8 rings (SSSR count). The van der Waals surface area contributed by atoms with Gasteiger partial charge in [0.1, 0.15) is 17.2 Å². The highest BCUT2D eigenvalue weighted by Gasteiger charge is 2.34. The Hall–Kier alpha value is -3.93. The van der Waals surface area contributed by atoms with E-state index in [1.807, 2.05) is 47.7 Å². The number of ether oxygens (including phenoxy) is 1. The molecule has 4 fully saturated rings. The van der Waals surface area contributed by atoms with Gasteiger partial charge in [0.05, 0.1) is 23.5 Å². The van der Waals surface area contributed by atoms with Crippen LogP contribution in [0.4, 0.5) is 16.4 Å². The molecule has 264 valence electrons. The molecule has 1 amide bonds. The number of nitrogens with one attached hydrogen (secondary N) is 3. The van der Waals surface area contributed by atoms with Crippen molar-refractivity contribution in [2.24, 2.45) is 0 Å². The van der Waals surface area contributed by atoms with Crippen molar-refractivity contribution < 1.29 is 9.53 Å². The molecule has 0 unspecified atom stereocenters. The molecule has 4 aromatic rings. The van der Waals surface area contributed by atoms with Gasteiger partial charge in [-0.15, -0.1) is 0 Å². The van der Waals surface area contributed by atoms with Gasteiger partial charge in [-0.1, -0.05) is 6.42 Å². The fourth-order valence-electron chi connectivity index (χ4n) is 6.83. The van der Waals surface area contributed by atoms with Crippen LogP contribution in [-0.2, 0) is 4.74 Å². The lowest BCUT2D eigenvalue weighted by Gasteiger charge is -2.35. The van der Waals surface area contributed by atoms with Crippen LogP contribution in [-0.4, -0.2) is 71.0 Å². The number of aryl methyl sites for hydroxylation is 2. The number of carbonyl (C=O) groups excluding carboxylic acids is 1. The van der Waals surface area contributed by atoms with Crippen LogP contribution in [0.25, 0.3) is 11.3 Å². The molecule has 2 saturated carbocycles. The van der Waals surface area contributed by atoms with E-state index in [2.05, 4.69) is 42.8 Å². The number of fused-ring (bicyclic) bond motifs is 2. The van der Waals surface area contributed by atoms with Crippen molar-refractivity contribution in [1.29, 1.82) is 0 Å². The average molecular weight is 671 g/mol. The molecular weight excluding hydrogens is 616 g/mol. The highest BCUT2D eigenvalue weighted by Crippen LogP contribution is 2.34. The zero-order valence-corrected chi connectivity index (χ0v) is 30.4. The van der Waals surface area contributed by atoms with E-state index in [0.717, 1.165) is 77.1 Å². The molecule has 0 spiro atoms. The number of hydrogen-bond donors (Lipinski definition) is 3. The number of nitrogens with zero attached hydrogens (tertiary/aromatic N) is 7. The van der Waals surface area contributed by atoms with Gasteiger partial charge >= 0.3 is 6.09 Å². The monoisotopic (exact) mass is 670 g/mol. The summed E-state index contributed by atoms with van der Waals surface area (Å²) in [6, 6.07) is 5.64. The van der Waals surface area contributed by atoms with Gasteiger partial charge in [-0.3, -0.25) is 4.90 Å².